The van der Waals surface area contributed by atoms with E-state index < -0.39 is 0 Å². The lowest BCUT2D eigenvalue weighted by Gasteiger charge is -2.05. The van der Waals surface area contributed by atoms with Crippen LogP contribution in [0.1, 0.15) is 5.56 Å². The van der Waals surface area contributed by atoms with E-state index in [0.29, 0.717) is 6.54 Å². The zero-order chi connectivity index (χ0) is 15.2. The number of carbonyl (C=O) groups is 1. The van der Waals surface area contributed by atoms with E-state index in [1.165, 1.54) is 0 Å². The molecular formula is C14H16BrN3O2S. The second kappa shape index (κ2) is 7.51. The summed E-state index contributed by atoms with van der Waals surface area (Å²) in [7, 11) is 0. The second-order valence-corrected chi connectivity index (χ2v) is 6.29. The Kier molecular flexibility index (Phi) is 5.69. The van der Waals surface area contributed by atoms with Crippen molar-refractivity contribution >= 4 is 50.2 Å². The smallest absolute Gasteiger partial charge is 0.269 e. The maximum atomic E-state index is 11.9. The SMILES string of the molecule is CSCCNC(=O)/C(Cc1c[nH]c2c(Br)cccc12)=N/O. The number of carbonyl (C=O) groups excluding carboxylic acids is 1. The van der Waals surface area contributed by atoms with E-state index in [4.69, 9.17) is 5.21 Å². The highest BCUT2D eigenvalue weighted by molar-refractivity contribution is 9.10. The number of fused-ring (bicyclic) bond motifs is 1. The van der Waals surface area contributed by atoms with Gasteiger partial charge in [0.05, 0.1) is 5.52 Å². The van der Waals surface area contributed by atoms with E-state index in [0.717, 1.165) is 26.7 Å². The predicted octanol–water partition coefficient (Wildman–Crippen LogP) is 2.78. The van der Waals surface area contributed by atoms with Gasteiger partial charge in [0.2, 0.25) is 0 Å². The number of hydrogen-bond donors (Lipinski definition) is 3. The second-order valence-electron chi connectivity index (χ2n) is 4.45. The Morgan fingerprint density at radius 2 is 2.33 bits per heavy atom. The van der Waals surface area contributed by atoms with Gasteiger partial charge in [-0.15, -0.1) is 0 Å². The molecule has 0 aliphatic heterocycles. The quantitative estimate of drug-likeness (QED) is 0.317. The van der Waals surface area contributed by atoms with Gasteiger partial charge in [-0.2, -0.15) is 11.8 Å². The van der Waals surface area contributed by atoms with Crippen LogP contribution >= 0.6 is 27.7 Å². The van der Waals surface area contributed by atoms with Crippen LogP contribution in [0.25, 0.3) is 10.9 Å². The maximum Gasteiger partial charge on any atom is 0.269 e. The highest BCUT2D eigenvalue weighted by atomic mass is 79.9. The van der Waals surface area contributed by atoms with E-state index >= 15 is 0 Å². The lowest BCUT2D eigenvalue weighted by atomic mass is 10.1. The molecule has 3 N–H and O–H groups in total. The van der Waals surface area contributed by atoms with Gasteiger partial charge in [-0.05, 0) is 33.8 Å². The number of halogens is 1. The molecule has 0 atom stereocenters. The van der Waals surface area contributed by atoms with Crippen LogP contribution in [0.2, 0.25) is 0 Å². The van der Waals surface area contributed by atoms with E-state index in [1.54, 1.807) is 11.8 Å². The Labute approximate surface area is 135 Å². The topological polar surface area (TPSA) is 77.5 Å². The molecule has 1 amide bonds. The first-order valence-electron chi connectivity index (χ1n) is 6.40. The number of para-hydroxylation sites is 1. The van der Waals surface area contributed by atoms with Gasteiger partial charge in [0.25, 0.3) is 5.91 Å². The van der Waals surface area contributed by atoms with Crippen LogP contribution in [0, 0.1) is 0 Å². The molecule has 1 aromatic carbocycles. The normalized spacial score (nSPS) is 11.8. The van der Waals surface area contributed by atoms with Crippen LogP contribution in [0.15, 0.2) is 34.0 Å². The molecule has 112 valence electrons. The molecule has 0 spiro atoms. The van der Waals surface area contributed by atoms with Crippen molar-refractivity contribution in [2.75, 3.05) is 18.6 Å². The summed E-state index contributed by atoms with van der Waals surface area (Å²) in [6, 6.07) is 5.84. The summed E-state index contributed by atoms with van der Waals surface area (Å²) in [5.74, 6) is 0.487. The first kappa shape index (κ1) is 15.9. The predicted molar refractivity (Wildman–Crippen MR) is 90.3 cm³/mol. The van der Waals surface area contributed by atoms with Crippen molar-refractivity contribution in [2.45, 2.75) is 6.42 Å². The van der Waals surface area contributed by atoms with Crippen LogP contribution in [-0.4, -0.2) is 40.4 Å². The molecule has 5 nitrogen and oxygen atoms in total. The van der Waals surface area contributed by atoms with Gasteiger partial charge in [-0.1, -0.05) is 17.3 Å². The molecule has 0 bridgehead atoms. The number of nitrogens with one attached hydrogen (secondary N) is 2. The average molecular weight is 370 g/mol. The van der Waals surface area contributed by atoms with Gasteiger partial charge in [-0.25, -0.2) is 0 Å². The van der Waals surface area contributed by atoms with Crippen molar-refractivity contribution in [3.05, 3.63) is 34.4 Å². The van der Waals surface area contributed by atoms with Crippen molar-refractivity contribution in [1.29, 1.82) is 0 Å². The number of thioether (sulfide) groups is 1. The Balaban J connectivity index is 2.14. The lowest BCUT2D eigenvalue weighted by Crippen LogP contribution is -2.33. The molecule has 0 radical (unpaired) electrons. The number of oxime groups is 1. The van der Waals surface area contributed by atoms with Gasteiger partial charge >= 0.3 is 0 Å². The van der Waals surface area contributed by atoms with Gasteiger partial charge in [0, 0.05) is 34.8 Å². The Morgan fingerprint density at radius 1 is 1.52 bits per heavy atom. The zero-order valence-corrected chi connectivity index (χ0v) is 13.9. The minimum absolute atomic E-state index is 0.108. The average Bonchev–Trinajstić information content (AvgIpc) is 2.89. The molecule has 0 saturated heterocycles. The standard InChI is InChI=1S/C14H16BrN3O2S/c1-21-6-5-16-14(19)12(18-20)7-9-8-17-13-10(9)3-2-4-11(13)15/h2-4,8,17,20H,5-7H2,1H3,(H,16,19)/b18-12+. The van der Waals surface area contributed by atoms with E-state index in [2.05, 4.69) is 31.4 Å². The van der Waals surface area contributed by atoms with Crippen molar-refractivity contribution < 1.29 is 10.0 Å². The minimum atomic E-state index is -0.337. The largest absolute Gasteiger partial charge is 0.410 e. The number of aromatic nitrogens is 1. The molecule has 7 heteroatoms. The van der Waals surface area contributed by atoms with Gasteiger partial charge in [0.15, 0.2) is 0 Å². The zero-order valence-electron chi connectivity index (χ0n) is 11.5. The first-order chi connectivity index (χ1) is 10.2. The molecule has 0 unspecified atom stereocenters. The van der Waals surface area contributed by atoms with E-state index in [1.807, 2.05) is 30.7 Å². The van der Waals surface area contributed by atoms with E-state index in [9.17, 15) is 4.79 Å². The molecule has 0 aliphatic rings. The summed E-state index contributed by atoms with van der Waals surface area (Å²) in [5.41, 5.74) is 1.99. The van der Waals surface area contributed by atoms with Crippen molar-refractivity contribution in [2.24, 2.45) is 5.16 Å². The van der Waals surface area contributed by atoms with Gasteiger partial charge in [-0.3, -0.25) is 4.79 Å². The summed E-state index contributed by atoms with van der Waals surface area (Å²) in [6.07, 6.45) is 4.07. The van der Waals surface area contributed by atoms with Crippen molar-refractivity contribution in [3.8, 4) is 0 Å². The van der Waals surface area contributed by atoms with Crippen LogP contribution in [0.4, 0.5) is 0 Å². The third-order valence-electron chi connectivity index (χ3n) is 3.08. The molecule has 0 aliphatic carbocycles. The minimum Gasteiger partial charge on any atom is -0.410 e. The van der Waals surface area contributed by atoms with Crippen LogP contribution in [0.5, 0.6) is 0 Å². The number of rotatable bonds is 6. The highest BCUT2D eigenvalue weighted by Crippen LogP contribution is 2.25. The fourth-order valence-electron chi connectivity index (χ4n) is 2.03. The number of amides is 1. The maximum absolute atomic E-state index is 11.9. The monoisotopic (exact) mass is 369 g/mol. The van der Waals surface area contributed by atoms with Crippen molar-refractivity contribution in [3.63, 3.8) is 0 Å². The van der Waals surface area contributed by atoms with E-state index in [-0.39, 0.29) is 18.0 Å². The van der Waals surface area contributed by atoms with Crippen LogP contribution < -0.4 is 5.32 Å². The molecule has 21 heavy (non-hydrogen) atoms. The van der Waals surface area contributed by atoms with Crippen LogP contribution in [0.3, 0.4) is 0 Å². The van der Waals surface area contributed by atoms with Gasteiger partial charge < -0.3 is 15.5 Å². The fourth-order valence-corrected chi connectivity index (χ4v) is 2.82. The molecule has 0 saturated carbocycles. The Bertz CT molecular complexity index is 669. The number of hydrogen-bond acceptors (Lipinski definition) is 4. The summed E-state index contributed by atoms with van der Waals surface area (Å²) in [6.45, 7) is 0.554. The number of H-pyrrole nitrogens is 1. The Hall–Kier alpha value is -1.47. The summed E-state index contributed by atoms with van der Waals surface area (Å²) in [5, 5.41) is 16.0. The summed E-state index contributed by atoms with van der Waals surface area (Å²) in [4.78, 5) is 15.1. The highest BCUT2D eigenvalue weighted by Gasteiger charge is 2.15. The third kappa shape index (κ3) is 3.79. The number of benzene rings is 1. The molecule has 1 heterocycles. The lowest BCUT2D eigenvalue weighted by molar-refractivity contribution is -0.114. The molecule has 2 aromatic rings. The molecule has 2 rings (SSSR count). The first-order valence-corrected chi connectivity index (χ1v) is 8.58. The Morgan fingerprint density at radius 3 is 3.05 bits per heavy atom. The summed E-state index contributed by atoms with van der Waals surface area (Å²) < 4.78 is 0.957. The fraction of sp³-hybridized carbons (Fsp3) is 0.286. The third-order valence-corrected chi connectivity index (χ3v) is 4.36. The summed E-state index contributed by atoms with van der Waals surface area (Å²) >= 11 is 5.12. The van der Waals surface area contributed by atoms with Crippen LogP contribution in [-0.2, 0) is 11.2 Å². The number of nitrogens with zero attached hydrogens (tertiary/aromatic N) is 1. The van der Waals surface area contributed by atoms with Gasteiger partial charge in [0.1, 0.15) is 5.71 Å². The molecular weight excluding hydrogens is 354 g/mol. The number of aromatic amines is 1. The molecule has 1 aromatic heterocycles. The molecule has 0 fully saturated rings. The van der Waals surface area contributed by atoms with Crippen molar-refractivity contribution in [1.82, 2.24) is 10.3 Å².